The molecule has 2 saturated heterocycles. The maximum Gasteiger partial charge on any atom is 0.0813 e. The van der Waals surface area contributed by atoms with Gasteiger partial charge in [-0.3, -0.25) is 9.74 Å². The molecule has 0 aromatic rings. The highest BCUT2D eigenvalue weighted by Crippen LogP contribution is 2.27. The van der Waals surface area contributed by atoms with E-state index in [2.05, 4.69) is 31.2 Å². The van der Waals surface area contributed by atoms with Gasteiger partial charge in [0.1, 0.15) is 0 Å². The molecule has 88 valence electrons. The monoisotopic (exact) mass is 212 g/mol. The summed E-state index contributed by atoms with van der Waals surface area (Å²) in [7, 11) is 0. The van der Waals surface area contributed by atoms with E-state index in [0.29, 0.717) is 6.04 Å². The zero-order valence-corrected chi connectivity index (χ0v) is 10.3. The quantitative estimate of drug-likeness (QED) is 0.708. The largest absolute Gasteiger partial charge is 0.299 e. The van der Waals surface area contributed by atoms with Crippen LogP contribution in [-0.2, 0) is 4.84 Å². The Kier molecular flexibility index (Phi) is 3.33. The number of hydrogen-bond donors (Lipinski definition) is 1. The predicted octanol–water partition coefficient (Wildman–Crippen LogP) is 1.93. The number of piperidine rings is 1. The van der Waals surface area contributed by atoms with Gasteiger partial charge in [-0.25, -0.2) is 0 Å². The normalized spacial score (nSPS) is 33.0. The second kappa shape index (κ2) is 4.40. The summed E-state index contributed by atoms with van der Waals surface area (Å²) < 4.78 is 0. The highest BCUT2D eigenvalue weighted by molar-refractivity contribution is 4.92. The van der Waals surface area contributed by atoms with Crippen LogP contribution in [0, 0.1) is 0 Å². The molecule has 0 radical (unpaired) electrons. The minimum atomic E-state index is -0.0813. The third-order valence-electron chi connectivity index (χ3n) is 3.37. The number of nitrogens with zero attached hydrogens (tertiary/aromatic N) is 1. The first kappa shape index (κ1) is 11.4. The zero-order valence-electron chi connectivity index (χ0n) is 10.3. The minimum absolute atomic E-state index is 0.0813. The van der Waals surface area contributed by atoms with Gasteiger partial charge in [0.15, 0.2) is 0 Å². The second-order valence-corrected chi connectivity index (χ2v) is 5.83. The molecule has 2 aliphatic heterocycles. The maximum atomic E-state index is 5.69. The molecule has 2 unspecified atom stereocenters. The summed E-state index contributed by atoms with van der Waals surface area (Å²) in [6, 6.07) is 1.27. The molecule has 0 amide bonds. The van der Waals surface area contributed by atoms with Gasteiger partial charge >= 0.3 is 0 Å². The van der Waals surface area contributed by atoms with Crippen molar-refractivity contribution in [2.24, 2.45) is 0 Å². The van der Waals surface area contributed by atoms with Crippen LogP contribution >= 0.6 is 0 Å². The SMILES string of the molecule is CC(C)(C)ONC1CCN2CCCCC12. The van der Waals surface area contributed by atoms with Crippen molar-refractivity contribution >= 4 is 0 Å². The molecular weight excluding hydrogens is 188 g/mol. The first-order valence-electron chi connectivity index (χ1n) is 6.24. The highest BCUT2D eigenvalue weighted by Gasteiger charge is 2.36. The van der Waals surface area contributed by atoms with E-state index in [4.69, 9.17) is 4.84 Å². The average molecular weight is 212 g/mol. The number of fused-ring (bicyclic) bond motifs is 1. The molecule has 0 aromatic heterocycles. The standard InChI is InChI=1S/C12H24N2O/c1-12(2,3)15-13-10-7-9-14-8-5-4-6-11(10)14/h10-11,13H,4-9H2,1-3H3. The molecule has 0 saturated carbocycles. The third kappa shape index (κ3) is 2.92. The third-order valence-corrected chi connectivity index (χ3v) is 3.37. The van der Waals surface area contributed by atoms with Gasteiger partial charge in [-0.2, -0.15) is 5.48 Å². The molecule has 0 aliphatic carbocycles. The summed E-state index contributed by atoms with van der Waals surface area (Å²) in [5, 5.41) is 0. The lowest BCUT2D eigenvalue weighted by molar-refractivity contribution is -0.0933. The first-order valence-corrected chi connectivity index (χ1v) is 6.24. The molecule has 3 nitrogen and oxygen atoms in total. The van der Waals surface area contributed by atoms with Crippen LogP contribution in [-0.4, -0.2) is 35.7 Å². The van der Waals surface area contributed by atoms with Crippen LogP contribution in [0.2, 0.25) is 0 Å². The van der Waals surface area contributed by atoms with Crippen LogP contribution in [0.3, 0.4) is 0 Å². The minimum Gasteiger partial charge on any atom is -0.299 e. The van der Waals surface area contributed by atoms with Gasteiger partial charge in [0, 0.05) is 18.6 Å². The molecule has 15 heavy (non-hydrogen) atoms. The van der Waals surface area contributed by atoms with E-state index in [1.54, 1.807) is 0 Å². The van der Waals surface area contributed by atoms with Crippen molar-refractivity contribution in [1.82, 2.24) is 10.4 Å². The van der Waals surface area contributed by atoms with Gasteiger partial charge in [-0.05, 0) is 46.6 Å². The fourth-order valence-corrected chi connectivity index (χ4v) is 2.64. The lowest BCUT2D eigenvalue weighted by Crippen LogP contribution is -2.46. The van der Waals surface area contributed by atoms with Gasteiger partial charge < -0.3 is 0 Å². The Balaban J connectivity index is 1.83. The van der Waals surface area contributed by atoms with Crippen molar-refractivity contribution in [2.45, 2.75) is 64.1 Å². The van der Waals surface area contributed by atoms with E-state index in [1.807, 2.05) is 0 Å². The molecular formula is C12H24N2O. The Hall–Kier alpha value is -0.120. The maximum absolute atomic E-state index is 5.69. The summed E-state index contributed by atoms with van der Waals surface area (Å²) in [5.41, 5.74) is 3.20. The van der Waals surface area contributed by atoms with E-state index in [1.165, 1.54) is 38.8 Å². The van der Waals surface area contributed by atoms with Crippen molar-refractivity contribution in [3.8, 4) is 0 Å². The number of rotatable bonds is 2. The van der Waals surface area contributed by atoms with Crippen LogP contribution in [0.4, 0.5) is 0 Å². The summed E-state index contributed by atoms with van der Waals surface area (Å²) in [6.07, 6.45) is 5.34. The van der Waals surface area contributed by atoms with E-state index < -0.39 is 0 Å². The molecule has 0 spiro atoms. The highest BCUT2D eigenvalue weighted by atomic mass is 16.7. The summed E-state index contributed by atoms with van der Waals surface area (Å²) >= 11 is 0. The number of hydrogen-bond acceptors (Lipinski definition) is 3. The van der Waals surface area contributed by atoms with Crippen molar-refractivity contribution in [3.63, 3.8) is 0 Å². The molecule has 2 atom stereocenters. The van der Waals surface area contributed by atoms with Crippen molar-refractivity contribution in [2.75, 3.05) is 13.1 Å². The summed E-state index contributed by atoms with van der Waals surface area (Å²) in [6.45, 7) is 8.81. The topological polar surface area (TPSA) is 24.5 Å². The van der Waals surface area contributed by atoms with Crippen LogP contribution < -0.4 is 5.48 Å². The van der Waals surface area contributed by atoms with E-state index in [-0.39, 0.29) is 5.60 Å². The van der Waals surface area contributed by atoms with Crippen molar-refractivity contribution in [1.29, 1.82) is 0 Å². The first-order chi connectivity index (χ1) is 7.06. The van der Waals surface area contributed by atoms with Crippen molar-refractivity contribution in [3.05, 3.63) is 0 Å². The summed E-state index contributed by atoms with van der Waals surface area (Å²) in [5.74, 6) is 0. The van der Waals surface area contributed by atoms with Crippen LogP contribution in [0.15, 0.2) is 0 Å². The van der Waals surface area contributed by atoms with Gasteiger partial charge in [0.25, 0.3) is 0 Å². The number of hydroxylamine groups is 1. The number of nitrogens with one attached hydrogen (secondary N) is 1. The Labute approximate surface area is 93.1 Å². The molecule has 0 aromatic carbocycles. The molecule has 3 heteroatoms. The molecule has 2 heterocycles. The van der Waals surface area contributed by atoms with Gasteiger partial charge in [-0.1, -0.05) is 6.42 Å². The second-order valence-electron chi connectivity index (χ2n) is 5.83. The molecule has 2 rings (SSSR count). The predicted molar refractivity (Wildman–Crippen MR) is 61.6 cm³/mol. The van der Waals surface area contributed by atoms with Crippen molar-refractivity contribution < 1.29 is 4.84 Å². The van der Waals surface area contributed by atoms with Gasteiger partial charge in [0.05, 0.1) is 5.60 Å². The van der Waals surface area contributed by atoms with Gasteiger partial charge in [-0.15, -0.1) is 0 Å². The summed E-state index contributed by atoms with van der Waals surface area (Å²) in [4.78, 5) is 8.30. The Morgan fingerprint density at radius 2 is 1.93 bits per heavy atom. The van der Waals surface area contributed by atoms with E-state index in [9.17, 15) is 0 Å². The smallest absolute Gasteiger partial charge is 0.0813 e. The van der Waals surface area contributed by atoms with Crippen LogP contribution in [0.1, 0.15) is 46.5 Å². The lowest BCUT2D eigenvalue weighted by atomic mass is 10.00. The van der Waals surface area contributed by atoms with Crippen LogP contribution in [0.5, 0.6) is 0 Å². The van der Waals surface area contributed by atoms with Crippen LogP contribution in [0.25, 0.3) is 0 Å². The molecule has 2 fully saturated rings. The Morgan fingerprint density at radius 3 is 2.67 bits per heavy atom. The Bertz CT molecular complexity index is 212. The zero-order chi connectivity index (χ0) is 10.9. The molecule has 0 bridgehead atoms. The molecule has 1 N–H and O–H groups in total. The van der Waals surface area contributed by atoms with Gasteiger partial charge in [0.2, 0.25) is 0 Å². The Morgan fingerprint density at radius 1 is 1.13 bits per heavy atom. The molecule has 2 aliphatic rings. The van der Waals surface area contributed by atoms with E-state index in [0.717, 1.165) is 6.04 Å². The fourth-order valence-electron chi connectivity index (χ4n) is 2.64. The van der Waals surface area contributed by atoms with E-state index >= 15 is 0 Å². The average Bonchev–Trinajstić information content (AvgIpc) is 2.57. The fraction of sp³-hybridized carbons (Fsp3) is 1.00. The lowest BCUT2D eigenvalue weighted by Gasteiger charge is -2.33.